The van der Waals surface area contributed by atoms with Crippen molar-refractivity contribution in [2.75, 3.05) is 6.16 Å². The number of hydrogen-bond donors (Lipinski definition) is 0. The summed E-state index contributed by atoms with van der Waals surface area (Å²) in [5.74, 6) is -0.194. The van der Waals surface area contributed by atoms with Crippen LogP contribution in [-0.2, 0) is 4.57 Å². The lowest BCUT2D eigenvalue weighted by Crippen LogP contribution is -2.22. The number of benzene rings is 3. The van der Waals surface area contributed by atoms with Gasteiger partial charge in [0.05, 0.1) is 17.8 Å². The van der Waals surface area contributed by atoms with E-state index < -0.39 is 7.14 Å². The van der Waals surface area contributed by atoms with Crippen molar-refractivity contribution in [1.29, 1.82) is 5.26 Å². The highest BCUT2D eigenvalue weighted by Crippen LogP contribution is 2.43. The van der Waals surface area contributed by atoms with Crippen LogP contribution in [0, 0.1) is 11.3 Å². The molecule has 3 aromatic rings. The molecule has 0 atom stereocenters. The highest BCUT2D eigenvalue weighted by molar-refractivity contribution is 7.79. The number of hydrogen-bond acceptors (Lipinski definition) is 3. The molecule has 0 aliphatic carbocycles. The van der Waals surface area contributed by atoms with Gasteiger partial charge in [-0.25, -0.2) is 0 Å². The van der Waals surface area contributed by atoms with Gasteiger partial charge >= 0.3 is 0 Å². The molecule has 0 saturated heterocycles. The van der Waals surface area contributed by atoms with Crippen molar-refractivity contribution in [2.24, 2.45) is 0 Å². The minimum absolute atomic E-state index is 0.0765. The molecule has 3 rings (SSSR count). The van der Waals surface area contributed by atoms with E-state index in [-0.39, 0.29) is 11.9 Å². The predicted molar refractivity (Wildman–Crippen MR) is 100 cm³/mol. The van der Waals surface area contributed by atoms with E-state index in [0.29, 0.717) is 21.7 Å². The van der Waals surface area contributed by atoms with E-state index in [1.54, 1.807) is 48.5 Å². The summed E-state index contributed by atoms with van der Waals surface area (Å²) < 4.78 is 13.9. The molecule has 25 heavy (non-hydrogen) atoms. The van der Waals surface area contributed by atoms with Gasteiger partial charge < -0.3 is 4.57 Å². The van der Waals surface area contributed by atoms with Crippen LogP contribution in [0.15, 0.2) is 84.9 Å². The van der Waals surface area contributed by atoms with E-state index in [2.05, 4.69) is 0 Å². The molecule has 3 nitrogen and oxygen atoms in total. The number of ketones is 1. The fourth-order valence-electron chi connectivity index (χ4n) is 2.69. The summed E-state index contributed by atoms with van der Waals surface area (Å²) in [5.41, 5.74) is 0.955. The second kappa shape index (κ2) is 7.30. The van der Waals surface area contributed by atoms with E-state index in [0.717, 1.165) is 0 Å². The summed E-state index contributed by atoms with van der Waals surface area (Å²) in [4.78, 5) is 12.8. The van der Waals surface area contributed by atoms with Gasteiger partial charge in [-0.2, -0.15) is 5.26 Å². The van der Waals surface area contributed by atoms with Crippen molar-refractivity contribution in [3.63, 3.8) is 0 Å². The molecule has 0 spiro atoms. The van der Waals surface area contributed by atoms with Crippen LogP contribution >= 0.6 is 7.14 Å². The minimum Gasteiger partial charge on any atom is -0.313 e. The maximum atomic E-state index is 13.9. The topological polar surface area (TPSA) is 57.9 Å². The minimum atomic E-state index is -3.08. The van der Waals surface area contributed by atoms with Crippen LogP contribution in [0.4, 0.5) is 0 Å². The molecule has 0 radical (unpaired) electrons. The Morgan fingerprint density at radius 1 is 0.800 bits per heavy atom. The normalized spacial score (nSPS) is 10.8. The maximum absolute atomic E-state index is 13.9. The lowest BCUT2D eigenvalue weighted by molar-refractivity contribution is 0.102. The van der Waals surface area contributed by atoms with Gasteiger partial charge in [-0.1, -0.05) is 72.8 Å². The van der Waals surface area contributed by atoms with Crippen molar-refractivity contribution in [1.82, 2.24) is 0 Å². The first-order valence-corrected chi connectivity index (χ1v) is 9.76. The molecule has 0 fully saturated rings. The Morgan fingerprint density at radius 2 is 1.28 bits per heavy atom. The highest BCUT2D eigenvalue weighted by atomic mass is 31.2. The van der Waals surface area contributed by atoms with Crippen molar-refractivity contribution >= 4 is 23.5 Å². The lowest BCUT2D eigenvalue weighted by Gasteiger charge is -2.18. The smallest absolute Gasteiger partial charge is 0.170 e. The van der Waals surface area contributed by atoms with Gasteiger partial charge in [0.15, 0.2) is 12.9 Å². The number of rotatable bonds is 5. The van der Waals surface area contributed by atoms with E-state index in [4.69, 9.17) is 5.26 Å². The summed E-state index contributed by atoms with van der Waals surface area (Å²) in [6.07, 6.45) is -0.0765. The van der Waals surface area contributed by atoms with Gasteiger partial charge in [0.2, 0.25) is 0 Å². The Bertz CT molecular complexity index is 915. The number of nitriles is 1. The van der Waals surface area contributed by atoms with Crippen LogP contribution in [0.2, 0.25) is 0 Å². The van der Waals surface area contributed by atoms with Gasteiger partial charge in [0, 0.05) is 16.2 Å². The Labute approximate surface area is 146 Å². The number of nitrogens with zero attached hydrogens (tertiary/aromatic N) is 1. The quantitative estimate of drug-likeness (QED) is 0.523. The molecule has 0 heterocycles. The summed E-state index contributed by atoms with van der Waals surface area (Å²) in [5, 5.41) is 10.2. The highest BCUT2D eigenvalue weighted by Gasteiger charge is 2.30. The van der Waals surface area contributed by atoms with Crippen molar-refractivity contribution in [3.8, 4) is 6.07 Å². The molecule has 4 heteroatoms. The van der Waals surface area contributed by atoms with E-state index in [1.165, 1.54) is 0 Å². The molecule has 0 aliphatic rings. The zero-order valence-electron chi connectivity index (χ0n) is 13.5. The zero-order chi connectivity index (χ0) is 17.7. The largest absolute Gasteiger partial charge is 0.313 e. The molecule has 0 aromatic heterocycles. The molecule has 3 aromatic carbocycles. The molecule has 0 unspecified atom stereocenters. The Kier molecular flexibility index (Phi) is 4.93. The maximum Gasteiger partial charge on any atom is 0.170 e. The van der Waals surface area contributed by atoms with Gasteiger partial charge in [-0.3, -0.25) is 4.79 Å². The summed E-state index contributed by atoms with van der Waals surface area (Å²) in [6, 6.07) is 26.7. The Morgan fingerprint density at radius 3 is 1.72 bits per heavy atom. The fourth-order valence-corrected chi connectivity index (χ4v) is 5.25. The van der Waals surface area contributed by atoms with Gasteiger partial charge in [-0.15, -0.1) is 0 Å². The average molecular weight is 345 g/mol. The first kappa shape index (κ1) is 16.9. The zero-order valence-corrected chi connectivity index (χ0v) is 14.4. The number of carbonyl (C=O) groups excluding carboxylic acids is 1. The summed E-state index contributed by atoms with van der Waals surface area (Å²) >= 11 is 0. The standard InChI is InChI=1S/C21H16NO2P/c22-15-17-11-13-18(14-12-17)21(23)16-25(24,19-7-3-1-4-8-19)20-9-5-2-6-10-20/h1-14H,16H2. The first-order chi connectivity index (χ1) is 12.1. The summed E-state index contributed by atoms with van der Waals surface area (Å²) in [7, 11) is -3.08. The van der Waals surface area contributed by atoms with Crippen molar-refractivity contribution in [2.45, 2.75) is 0 Å². The third kappa shape index (κ3) is 3.60. The second-order valence-corrected chi connectivity index (χ2v) is 8.51. The van der Waals surface area contributed by atoms with E-state index >= 15 is 0 Å². The molecule has 122 valence electrons. The van der Waals surface area contributed by atoms with Gasteiger partial charge in [0.25, 0.3) is 0 Å². The number of Topliss-reactive ketones (excluding diaryl/α,β-unsaturated/α-hetero) is 1. The molecule has 0 bridgehead atoms. The van der Waals surface area contributed by atoms with Crippen LogP contribution in [0.3, 0.4) is 0 Å². The SMILES string of the molecule is N#Cc1ccc(C(=O)CP(=O)(c2ccccc2)c2ccccc2)cc1. The van der Waals surface area contributed by atoms with Crippen LogP contribution in [0.25, 0.3) is 0 Å². The van der Waals surface area contributed by atoms with E-state index in [1.807, 2.05) is 42.5 Å². The molecule has 0 saturated carbocycles. The average Bonchev–Trinajstić information content (AvgIpc) is 2.69. The second-order valence-electron chi connectivity index (χ2n) is 5.68. The van der Waals surface area contributed by atoms with E-state index in [9.17, 15) is 9.36 Å². The predicted octanol–water partition coefficient (Wildman–Crippen LogP) is 3.76. The molecule has 0 amide bonds. The van der Waals surface area contributed by atoms with Crippen LogP contribution in [0.5, 0.6) is 0 Å². The monoisotopic (exact) mass is 345 g/mol. The molecule has 0 N–H and O–H groups in total. The fraction of sp³-hybridized carbons (Fsp3) is 0.0476. The Balaban J connectivity index is 2.00. The van der Waals surface area contributed by atoms with Crippen LogP contribution in [0.1, 0.15) is 15.9 Å². The third-order valence-corrected chi connectivity index (χ3v) is 7.05. The van der Waals surface area contributed by atoms with Gasteiger partial charge in [-0.05, 0) is 12.1 Å². The molecule has 0 aliphatic heterocycles. The molecular formula is C21H16NO2P. The van der Waals surface area contributed by atoms with Crippen LogP contribution in [-0.4, -0.2) is 11.9 Å². The summed E-state index contributed by atoms with van der Waals surface area (Å²) in [6.45, 7) is 0. The Hall–Kier alpha value is -2.95. The third-order valence-electron chi connectivity index (χ3n) is 4.05. The van der Waals surface area contributed by atoms with Crippen molar-refractivity contribution in [3.05, 3.63) is 96.1 Å². The number of carbonyl (C=O) groups is 1. The van der Waals surface area contributed by atoms with Gasteiger partial charge in [0.1, 0.15) is 0 Å². The lowest BCUT2D eigenvalue weighted by atomic mass is 10.1. The molecular weight excluding hydrogens is 329 g/mol. The van der Waals surface area contributed by atoms with Crippen molar-refractivity contribution < 1.29 is 9.36 Å². The van der Waals surface area contributed by atoms with Crippen LogP contribution < -0.4 is 10.6 Å². The first-order valence-electron chi connectivity index (χ1n) is 7.87.